The molecule has 0 saturated carbocycles. The number of ether oxygens (including phenoxy) is 1. The molecule has 0 aliphatic carbocycles. The number of benzene rings is 2. The van der Waals surface area contributed by atoms with E-state index in [-0.39, 0.29) is 33.3 Å². The zero-order valence-corrected chi connectivity index (χ0v) is 22.1. The fraction of sp³-hybridized carbons (Fsp3) is 0.370. The molecule has 2 atom stereocenters. The van der Waals surface area contributed by atoms with Crippen molar-refractivity contribution >= 4 is 29.3 Å². The van der Waals surface area contributed by atoms with Gasteiger partial charge in [-0.1, -0.05) is 23.7 Å². The van der Waals surface area contributed by atoms with E-state index in [2.05, 4.69) is 15.3 Å². The van der Waals surface area contributed by atoms with Gasteiger partial charge in [-0.25, -0.2) is 8.78 Å². The molecule has 2 fully saturated rings. The monoisotopic (exact) mass is 597 g/mol. The van der Waals surface area contributed by atoms with Crippen LogP contribution in [0.1, 0.15) is 30.9 Å². The van der Waals surface area contributed by atoms with E-state index in [1.807, 2.05) is 4.90 Å². The smallest absolute Gasteiger partial charge is 0.429 e. The van der Waals surface area contributed by atoms with E-state index < -0.39 is 47.4 Å². The summed E-state index contributed by atoms with van der Waals surface area (Å²) >= 11 is 6.05. The van der Waals surface area contributed by atoms with Crippen molar-refractivity contribution in [3.8, 4) is 17.0 Å². The van der Waals surface area contributed by atoms with Crippen molar-refractivity contribution in [2.24, 2.45) is 5.41 Å². The van der Waals surface area contributed by atoms with Crippen LogP contribution in [0.25, 0.3) is 11.1 Å². The van der Waals surface area contributed by atoms with Gasteiger partial charge in [0.05, 0.1) is 0 Å². The average molecular weight is 598 g/mol. The number of anilines is 2. The normalized spacial score (nSPS) is 19.4. The molecule has 0 amide bonds. The van der Waals surface area contributed by atoms with Gasteiger partial charge in [-0.2, -0.15) is 23.1 Å². The van der Waals surface area contributed by atoms with E-state index in [9.17, 15) is 31.9 Å². The van der Waals surface area contributed by atoms with Crippen LogP contribution in [-0.4, -0.2) is 52.9 Å². The topological polar surface area (TPSA) is 114 Å². The number of nitrogens with one attached hydrogen (secondary N) is 1. The van der Waals surface area contributed by atoms with E-state index in [0.29, 0.717) is 38.9 Å². The summed E-state index contributed by atoms with van der Waals surface area (Å²) in [5, 5.41) is 12.4. The van der Waals surface area contributed by atoms with Crippen LogP contribution in [0, 0.1) is 17.0 Å². The summed E-state index contributed by atoms with van der Waals surface area (Å²) in [5.41, 5.74) is 5.13. The molecule has 2 aliphatic rings. The SMILES string of the molecule is Nc1nc(O[C@H](c2ccc(Cl)cc2-c2ccc(F)c(F)c2)C(F)(F)F)cc(N2CCC3(CC2)CNC(C(=O)O)C3)n1. The molecule has 0 radical (unpaired) electrons. The largest absolute Gasteiger partial charge is 0.480 e. The van der Waals surface area contributed by atoms with Gasteiger partial charge in [-0.3, -0.25) is 4.79 Å². The lowest BCUT2D eigenvalue weighted by Gasteiger charge is -2.39. The Kier molecular flexibility index (Phi) is 7.68. The minimum Gasteiger partial charge on any atom is -0.480 e. The van der Waals surface area contributed by atoms with Crippen LogP contribution in [0.4, 0.5) is 33.7 Å². The summed E-state index contributed by atoms with van der Waals surface area (Å²) in [4.78, 5) is 21.2. The number of aromatic nitrogens is 2. The molecule has 3 heterocycles. The van der Waals surface area contributed by atoms with Gasteiger partial charge in [0.25, 0.3) is 0 Å². The number of hydrogen-bond acceptors (Lipinski definition) is 7. The van der Waals surface area contributed by atoms with Gasteiger partial charge in [0.15, 0.2) is 11.6 Å². The maximum absolute atomic E-state index is 14.4. The molecule has 14 heteroatoms. The summed E-state index contributed by atoms with van der Waals surface area (Å²) in [6.07, 6.45) is -5.72. The Bertz CT molecular complexity index is 1470. The number of nitrogen functional groups attached to an aromatic ring is 1. The molecule has 2 aliphatic heterocycles. The highest BCUT2D eigenvalue weighted by molar-refractivity contribution is 6.30. The van der Waals surface area contributed by atoms with Crippen LogP contribution >= 0.6 is 11.6 Å². The first-order valence-corrected chi connectivity index (χ1v) is 13.1. The number of hydrogen-bond donors (Lipinski definition) is 3. The Balaban J connectivity index is 1.42. The third-order valence-electron chi connectivity index (χ3n) is 7.58. The van der Waals surface area contributed by atoms with Crippen molar-refractivity contribution in [2.45, 2.75) is 37.6 Å². The molecule has 1 spiro atoms. The summed E-state index contributed by atoms with van der Waals surface area (Å²) in [6.45, 7) is 1.51. The number of alkyl halides is 3. The summed E-state index contributed by atoms with van der Waals surface area (Å²) in [6, 6.07) is 6.92. The zero-order valence-electron chi connectivity index (χ0n) is 21.4. The maximum atomic E-state index is 14.4. The van der Waals surface area contributed by atoms with Gasteiger partial charge in [0.1, 0.15) is 11.9 Å². The number of piperidine rings is 1. The first-order valence-electron chi connectivity index (χ1n) is 12.7. The average Bonchev–Trinajstić information content (AvgIpc) is 3.32. The Hall–Kier alpha value is -3.71. The quantitative estimate of drug-likeness (QED) is 0.325. The van der Waals surface area contributed by atoms with E-state index in [0.717, 1.165) is 24.3 Å². The van der Waals surface area contributed by atoms with Crippen molar-refractivity contribution in [3.63, 3.8) is 0 Å². The highest BCUT2D eigenvalue weighted by Gasteiger charge is 2.46. The summed E-state index contributed by atoms with van der Waals surface area (Å²) in [7, 11) is 0. The Morgan fingerprint density at radius 2 is 1.85 bits per heavy atom. The van der Waals surface area contributed by atoms with Crippen LogP contribution in [0.3, 0.4) is 0 Å². The minimum atomic E-state index is -4.95. The van der Waals surface area contributed by atoms with Crippen LogP contribution in [-0.2, 0) is 4.79 Å². The first kappa shape index (κ1) is 28.8. The van der Waals surface area contributed by atoms with Gasteiger partial charge in [-0.15, -0.1) is 0 Å². The van der Waals surface area contributed by atoms with Crippen molar-refractivity contribution in [3.05, 3.63) is 64.7 Å². The number of nitrogens with two attached hydrogens (primary N) is 1. The zero-order chi connectivity index (χ0) is 29.5. The van der Waals surface area contributed by atoms with E-state index >= 15 is 0 Å². The van der Waals surface area contributed by atoms with Gasteiger partial charge in [-0.05, 0) is 60.1 Å². The Labute approximate surface area is 236 Å². The molecule has 2 aromatic carbocycles. The number of carbonyl (C=O) groups is 1. The minimum absolute atomic E-state index is 0.0315. The molecule has 4 N–H and O–H groups in total. The van der Waals surface area contributed by atoms with Gasteiger partial charge in [0, 0.05) is 36.3 Å². The van der Waals surface area contributed by atoms with Crippen LogP contribution in [0.15, 0.2) is 42.5 Å². The molecule has 3 aromatic rings. The van der Waals surface area contributed by atoms with Crippen molar-refractivity contribution < 1.29 is 36.6 Å². The molecule has 41 heavy (non-hydrogen) atoms. The van der Waals surface area contributed by atoms with Crippen LogP contribution in [0.5, 0.6) is 5.88 Å². The molecule has 5 rings (SSSR count). The molecule has 0 bridgehead atoms. The predicted octanol–water partition coefficient (Wildman–Crippen LogP) is 5.37. The number of rotatable bonds is 6. The summed E-state index contributed by atoms with van der Waals surface area (Å²) in [5.74, 6) is -3.76. The lowest BCUT2D eigenvalue weighted by molar-refractivity contribution is -0.198. The number of aliphatic carboxylic acids is 1. The number of carboxylic acid groups (broad SMARTS) is 1. The molecule has 218 valence electrons. The fourth-order valence-corrected chi connectivity index (χ4v) is 5.61. The van der Waals surface area contributed by atoms with E-state index in [1.165, 1.54) is 18.2 Å². The standard InChI is InChI=1S/C27H25ClF5N5O3/c28-15-2-3-16(17(10-15)14-1-4-18(29)19(30)9-14)23(27(31,32)33)41-22-11-21(36-25(34)37-22)38-7-5-26(6-8-38)12-20(24(39)40)35-13-26/h1-4,9-11,20,23,35H,5-8,12-13H2,(H,39,40)(H2,34,36,37)/t20?,23-/m1/s1. The molecular formula is C27H25ClF5N5O3. The third-order valence-corrected chi connectivity index (χ3v) is 7.81. The van der Waals surface area contributed by atoms with Gasteiger partial charge >= 0.3 is 12.1 Å². The van der Waals surface area contributed by atoms with Crippen LogP contribution < -0.4 is 20.7 Å². The second-order valence-electron chi connectivity index (χ2n) is 10.3. The second-order valence-corrected chi connectivity index (χ2v) is 10.7. The molecular weight excluding hydrogens is 573 g/mol. The molecule has 8 nitrogen and oxygen atoms in total. The molecule has 1 aromatic heterocycles. The van der Waals surface area contributed by atoms with Crippen molar-refractivity contribution in [1.82, 2.24) is 15.3 Å². The highest BCUT2D eigenvalue weighted by atomic mass is 35.5. The maximum Gasteiger partial charge on any atom is 0.429 e. The lowest BCUT2D eigenvalue weighted by Crippen LogP contribution is -2.41. The van der Waals surface area contributed by atoms with Gasteiger partial charge < -0.3 is 25.8 Å². The highest BCUT2D eigenvalue weighted by Crippen LogP contribution is 2.43. The van der Waals surface area contributed by atoms with Crippen molar-refractivity contribution in [1.29, 1.82) is 0 Å². The third kappa shape index (κ3) is 6.15. The Morgan fingerprint density at radius 3 is 2.49 bits per heavy atom. The van der Waals surface area contributed by atoms with Crippen LogP contribution in [0.2, 0.25) is 5.02 Å². The van der Waals surface area contributed by atoms with E-state index in [1.54, 1.807) is 0 Å². The molecule has 1 unspecified atom stereocenters. The first-order chi connectivity index (χ1) is 19.3. The second kappa shape index (κ2) is 10.9. The number of halogens is 6. The fourth-order valence-electron chi connectivity index (χ4n) is 5.43. The Morgan fingerprint density at radius 1 is 1.12 bits per heavy atom. The van der Waals surface area contributed by atoms with Gasteiger partial charge in [0.2, 0.25) is 17.9 Å². The number of carboxylic acids is 1. The van der Waals surface area contributed by atoms with E-state index in [4.69, 9.17) is 22.1 Å². The summed E-state index contributed by atoms with van der Waals surface area (Å²) < 4.78 is 76.2. The lowest BCUT2D eigenvalue weighted by atomic mass is 9.76. The molecule has 2 saturated heterocycles. The van der Waals surface area contributed by atoms with Crippen molar-refractivity contribution in [2.75, 3.05) is 30.3 Å². The predicted molar refractivity (Wildman–Crippen MR) is 141 cm³/mol. The number of nitrogens with zero attached hydrogens (tertiary/aromatic N) is 3.